The lowest BCUT2D eigenvalue weighted by Crippen LogP contribution is -2.17. The fraction of sp³-hybridized carbons (Fsp3) is 0.273. The molecule has 1 aliphatic rings. The first kappa shape index (κ1) is 20.9. The van der Waals surface area contributed by atoms with Crippen molar-refractivity contribution < 1.29 is 22.6 Å². The molecule has 0 fully saturated rings. The van der Waals surface area contributed by atoms with Crippen LogP contribution < -0.4 is 18.9 Å². The molecule has 1 aliphatic heterocycles. The molecule has 0 amide bonds. The molecule has 1 N–H and O–H groups in total. The van der Waals surface area contributed by atoms with Gasteiger partial charge in [0.15, 0.2) is 11.5 Å². The van der Waals surface area contributed by atoms with Gasteiger partial charge in [0.2, 0.25) is 5.88 Å². The summed E-state index contributed by atoms with van der Waals surface area (Å²) in [5.74, 6) is 1.79. The van der Waals surface area contributed by atoms with Gasteiger partial charge in [-0.25, -0.2) is 8.42 Å². The maximum atomic E-state index is 12.9. The van der Waals surface area contributed by atoms with Crippen molar-refractivity contribution >= 4 is 15.7 Å². The Morgan fingerprint density at radius 2 is 1.81 bits per heavy atom. The van der Waals surface area contributed by atoms with Crippen molar-refractivity contribution in [3.05, 3.63) is 54.6 Å². The summed E-state index contributed by atoms with van der Waals surface area (Å²) in [4.78, 5) is 0.0913. The topological polar surface area (TPSA) is 99.6 Å². The van der Waals surface area contributed by atoms with Crippen molar-refractivity contribution in [1.29, 1.82) is 0 Å². The van der Waals surface area contributed by atoms with Crippen molar-refractivity contribution in [3.63, 3.8) is 0 Å². The minimum Gasteiger partial charge on any atom is -0.486 e. The summed E-state index contributed by atoms with van der Waals surface area (Å²) in [6.45, 7) is 5.50. The highest BCUT2D eigenvalue weighted by Gasteiger charge is 2.19. The summed E-state index contributed by atoms with van der Waals surface area (Å²) in [5, 5.41) is 8.27. The average molecular weight is 442 g/mol. The van der Waals surface area contributed by atoms with Crippen LogP contribution in [0.25, 0.3) is 11.3 Å². The van der Waals surface area contributed by atoms with E-state index in [1.54, 1.807) is 36.4 Å². The van der Waals surface area contributed by atoms with Crippen LogP contribution in [0.15, 0.2) is 59.5 Å². The smallest absolute Gasteiger partial charge is 0.262 e. The summed E-state index contributed by atoms with van der Waals surface area (Å²) in [6.07, 6.45) is 0. The predicted molar refractivity (Wildman–Crippen MR) is 116 cm³/mol. The molecule has 0 radical (unpaired) electrons. The minimum atomic E-state index is -3.81. The molecule has 9 heteroatoms. The first-order valence-corrected chi connectivity index (χ1v) is 11.4. The van der Waals surface area contributed by atoms with Crippen LogP contribution in [0.2, 0.25) is 0 Å². The Morgan fingerprint density at radius 1 is 1.00 bits per heavy atom. The number of benzene rings is 2. The van der Waals surface area contributed by atoms with Crippen LogP contribution in [0.3, 0.4) is 0 Å². The predicted octanol–water partition coefficient (Wildman–Crippen LogP) is 3.75. The minimum absolute atomic E-state index is 0.0913. The molecule has 2 heterocycles. The summed E-state index contributed by atoms with van der Waals surface area (Å²) < 4.78 is 44.8. The molecular formula is C22H23N3O5S. The van der Waals surface area contributed by atoms with E-state index in [0.717, 1.165) is 5.56 Å². The van der Waals surface area contributed by atoms with Crippen molar-refractivity contribution in [2.24, 2.45) is 5.92 Å². The van der Waals surface area contributed by atoms with Gasteiger partial charge in [-0.3, -0.25) is 4.72 Å². The van der Waals surface area contributed by atoms with Gasteiger partial charge in [-0.05, 0) is 36.2 Å². The molecule has 0 aliphatic carbocycles. The second kappa shape index (κ2) is 8.81. The second-order valence-corrected chi connectivity index (χ2v) is 9.14. The Labute approximate surface area is 181 Å². The molecule has 4 rings (SSSR count). The molecule has 31 heavy (non-hydrogen) atoms. The van der Waals surface area contributed by atoms with Crippen molar-refractivity contribution in [2.75, 3.05) is 24.5 Å². The lowest BCUT2D eigenvalue weighted by atomic mass is 10.1. The van der Waals surface area contributed by atoms with E-state index in [4.69, 9.17) is 14.2 Å². The molecular weight excluding hydrogens is 418 g/mol. The summed E-state index contributed by atoms with van der Waals surface area (Å²) >= 11 is 0. The molecule has 0 atom stereocenters. The molecule has 1 aromatic heterocycles. The maximum absolute atomic E-state index is 12.9. The van der Waals surface area contributed by atoms with Gasteiger partial charge in [0.1, 0.15) is 13.2 Å². The van der Waals surface area contributed by atoms with Crippen LogP contribution in [-0.2, 0) is 10.0 Å². The van der Waals surface area contributed by atoms with E-state index in [0.29, 0.717) is 54.5 Å². The van der Waals surface area contributed by atoms with Gasteiger partial charge in [0.05, 0.1) is 17.2 Å². The SMILES string of the molecule is CC(C)COc1ccc(-c2cccc(NS(=O)(=O)c3ccc4c(c3)OCCO4)c2)nn1. The van der Waals surface area contributed by atoms with Gasteiger partial charge in [0.25, 0.3) is 10.0 Å². The quantitative estimate of drug-likeness (QED) is 0.596. The third-order valence-electron chi connectivity index (χ3n) is 4.44. The van der Waals surface area contributed by atoms with E-state index in [1.165, 1.54) is 12.1 Å². The maximum Gasteiger partial charge on any atom is 0.262 e. The normalized spacial score (nSPS) is 13.1. The number of ether oxygens (including phenoxy) is 3. The number of hydrogen-bond donors (Lipinski definition) is 1. The second-order valence-electron chi connectivity index (χ2n) is 7.45. The van der Waals surface area contributed by atoms with Crippen molar-refractivity contribution in [2.45, 2.75) is 18.7 Å². The van der Waals surface area contributed by atoms with E-state index >= 15 is 0 Å². The number of rotatable bonds is 7. The van der Waals surface area contributed by atoms with Crippen LogP contribution >= 0.6 is 0 Å². The first-order valence-electron chi connectivity index (χ1n) is 9.90. The third kappa shape index (κ3) is 5.05. The van der Waals surface area contributed by atoms with Crippen molar-refractivity contribution in [1.82, 2.24) is 10.2 Å². The largest absolute Gasteiger partial charge is 0.486 e. The van der Waals surface area contributed by atoms with Crippen LogP contribution in [0.5, 0.6) is 17.4 Å². The van der Waals surface area contributed by atoms with Crippen LogP contribution in [0.1, 0.15) is 13.8 Å². The highest BCUT2D eigenvalue weighted by molar-refractivity contribution is 7.92. The number of nitrogens with zero attached hydrogens (tertiary/aromatic N) is 2. The zero-order valence-electron chi connectivity index (χ0n) is 17.2. The Hall–Kier alpha value is -3.33. The van der Waals surface area contributed by atoms with E-state index in [1.807, 2.05) is 6.07 Å². The average Bonchev–Trinajstić information content (AvgIpc) is 2.77. The number of nitrogens with one attached hydrogen (secondary N) is 1. The summed E-state index contributed by atoms with van der Waals surface area (Å²) in [7, 11) is -3.81. The van der Waals surface area contributed by atoms with Gasteiger partial charge in [-0.2, -0.15) is 0 Å². The molecule has 0 saturated heterocycles. The van der Waals surface area contributed by atoms with Crippen molar-refractivity contribution in [3.8, 4) is 28.6 Å². The fourth-order valence-corrected chi connectivity index (χ4v) is 4.01. The molecule has 162 valence electrons. The molecule has 0 saturated carbocycles. The molecule has 0 spiro atoms. The van der Waals surface area contributed by atoms with E-state index < -0.39 is 10.0 Å². The standard InChI is InChI=1S/C22H23N3O5S/c1-15(2)14-30-22-9-7-19(23-24-22)16-4-3-5-17(12-16)25-31(26,27)18-6-8-20-21(13-18)29-11-10-28-20/h3-9,12-13,15,25H,10-11,14H2,1-2H3. The summed E-state index contributed by atoms with van der Waals surface area (Å²) in [6, 6.07) is 15.0. The van der Waals surface area contributed by atoms with Gasteiger partial charge >= 0.3 is 0 Å². The Morgan fingerprint density at radius 3 is 2.55 bits per heavy atom. The number of fused-ring (bicyclic) bond motifs is 1. The van der Waals surface area contributed by atoms with E-state index in [2.05, 4.69) is 28.8 Å². The highest BCUT2D eigenvalue weighted by atomic mass is 32.2. The van der Waals surface area contributed by atoms with Crippen LogP contribution in [0, 0.1) is 5.92 Å². The third-order valence-corrected chi connectivity index (χ3v) is 5.82. The van der Waals surface area contributed by atoms with Crippen LogP contribution in [0.4, 0.5) is 5.69 Å². The number of aromatic nitrogens is 2. The zero-order valence-corrected chi connectivity index (χ0v) is 18.1. The highest BCUT2D eigenvalue weighted by Crippen LogP contribution is 2.33. The fourth-order valence-electron chi connectivity index (χ4n) is 2.95. The van der Waals surface area contributed by atoms with Crippen LogP contribution in [-0.4, -0.2) is 38.4 Å². The van der Waals surface area contributed by atoms with Gasteiger partial charge in [0, 0.05) is 23.4 Å². The molecule has 3 aromatic rings. The first-order chi connectivity index (χ1) is 14.9. The zero-order chi connectivity index (χ0) is 21.8. The Balaban J connectivity index is 1.52. The molecule has 0 bridgehead atoms. The molecule has 2 aromatic carbocycles. The lowest BCUT2D eigenvalue weighted by molar-refractivity contribution is 0.171. The van der Waals surface area contributed by atoms with Gasteiger partial charge in [-0.1, -0.05) is 26.0 Å². The molecule has 0 unspecified atom stereocenters. The van der Waals surface area contributed by atoms with Gasteiger partial charge < -0.3 is 14.2 Å². The Kier molecular flexibility index (Phi) is 5.94. The number of anilines is 1. The van der Waals surface area contributed by atoms with E-state index in [9.17, 15) is 8.42 Å². The number of sulfonamides is 1. The Bertz CT molecular complexity index is 1160. The van der Waals surface area contributed by atoms with E-state index in [-0.39, 0.29) is 4.90 Å². The molecule has 8 nitrogen and oxygen atoms in total. The number of hydrogen-bond acceptors (Lipinski definition) is 7. The lowest BCUT2D eigenvalue weighted by Gasteiger charge is -2.19. The summed E-state index contributed by atoms with van der Waals surface area (Å²) in [5.41, 5.74) is 1.75. The monoisotopic (exact) mass is 441 g/mol. The van der Waals surface area contributed by atoms with Gasteiger partial charge in [-0.15, -0.1) is 10.2 Å².